The van der Waals surface area contributed by atoms with Crippen LogP contribution >= 0.6 is 12.4 Å². The first-order valence-electron chi connectivity index (χ1n) is 7.13. The minimum Gasteiger partial charge on any atom is -0.422 e. The minimum atomic E-state index is -0.563. The predicted molar refractivity (Wildman–Crippen MR) is 87.5 cm³/mol. The summed E-state index contributed by atoms with van der Waals surface area (Å²) in [5.41, 5.74) is 6.43. The first kappa shape index (κ1) is 16.5. The van der Waals surface area contributed by atoms with Gasteiger partial charge in [-0.3, -0.25) is 4.79 Å². The number of rotatable bonds is 2. The number of hydrogen-bond donors (Lipinski definition) is 1. The highest BCUT2D eigenvalue weighted by Crippen LogP contribution is 2.22. The highest BCUT2D eigenvalue weighted by atomic mass is 35.5. The quantitative estimate of drug-likeness (QED) is 0.857. The van der Waals surface area contributed by atoms with Crippen LogP contribution in [-0.2, 0) is 0 Å². The largest absolute Gasteiger partial charge is 0.422 e. The Bertz CT molecular complexity index is 757. The predicted octanol–water partition coefficient (Wildman–Crippen LogP) is 1.94. The van der Waals surface area contributed by atoms with Gasteiger partial charge in [0.25, 0.3) is 5.91 Å². The molecule has 1 fully saturated rings. The molecule has 118 valence electrons. The Morgan fingerprint density at radius 1 is 1.41 bits per heavy atom. The third-order valence-electron chi connectivity index (χ3n) is 4.19. The van der Waals surface area contributed by atoms with Crippen molar-refractivity contribution in [1.29, 1.82) is 0 Å². The number of likely N-dealkylation sites (tertiary alicyclic amines) is 1. The fourth-order valence-electron chi connectivity index (χ4n) is 2.92. The van der Waals surface area contributed by atoms with Crippen molar-refractivity contribution in [3.63, 3.8) is 0 Å². The Morgan fingerprint density at radius 3 is 2.82 bits per heavy atom. The summed E-state index contributed by atoms with van der Waals surface area (Å²) >= 11 is 0. The van der Waals surface area contributed by atoms with Crippen molar-refractivity contribution >= 4 is 29.3 Å². The lowest BCUT2D eigenvalue weighted by atomic mass is 10.1. The molecular weight excluding hydrogens is 304 g/mol. The van der Waals surface area contributed by atoms with Gasteiger partial charge in [0.1, 0.15) is 11.1 Å². The summed E-state index contributed by atoms with van der Waals surface area (Å²) in [5.74, 6) is 0.0738. The second kappa shape index (κ2) is 6.50. The summed E-state index contributed by atoms with van der Waals surface area (Å²) < 4.78 is 5.28. The molecule has 0 saturated carbocycles. The van der Waals surface area contributed by atoms with E-state index in [-0.39, 0.29) is 23.9 Å². The zero-order valence-corrected chi connectivity index (χ0v) is 13.2. The van der Waals surface area contributed by atoms with Gasteiger partial charge in [0, 0.05) is 18.5 Å². The van der Waals surface area contributed by atoms with E-state index in [2.05, 4.69) is 0 Å². The monoisotopic (exact) mass is 322 g/mol. The molecule has 22 heavy (non-hydrogen) atoms. The highest BCUT2D eigenvalue weighted by molar-refractivity contribution is 5.99. The molecular formula is C16H19ClN2O3. The molecule has 1 aliphatic rings. The maximum atomic E-state index is 12.6. The van der Waals surface area contributed by atoms with Gasteiger partial charge in [-0.2, -0.15) is 0 Å². The zero-order valence-electron chi connectivity index (χ0n) is 12.4. The van der Waals surface area contributed by atoms with Gasteiger partial charge in [0.2, 0.25) is 0 Å². The molecule has 1 aromatic carbocycles. The van der Waals surface area contributed by atoms with Crippen molar-refractivity contribution in [2.75, 3.05) is 19.6 Å². The SMILES string of the molecule is Cc1c(C(=O)N2CCC(CN)C2)c(=O)oc2ccccc12.Cl. The molecule has 1 amide bonds. The number of halogens is 1. The van der Waals surface area contributed by atoms with E-state index in [1.165, 1.54) is 0 Å². The van der Waals surface area contributed by atoms with Crippen LogP contribution in [0.2, 0.25) is 0 Å². The van der Waals surface area contributed by atoms with Gasteiger partial charge in [0.15, 0.2) is 0 Å². The normalized spacial score (nSPS) is 17.5. The Hall–Kier alpha value is -1.85. The van der Waals surface area contributed by atoms with Crippen molar-refractivity contribution in [2.45, 2.75) is 13.3 Å². The van der Waals surface area contributed by atoms with Gasteiger partial charge in [-0.1, -0.05) is 18.2 Å². The molecule has 0 spiro atoms. The molecule has 6 heteroatoms. The number of carbonyl (C=O) groups is 1. The molecule has 1 aromatic heterocycles. The average molecular weight is 323 g/mol. The van der Waals surface area contributed by atoms with Crippen LogP contribution in [0.4, 0.5) is 0 Å². The lowest BCUT2D eigenvalue weighted by Crippen LogP contribution is -2.33. The maximum absolute atomic E-state index is 12.6. The second-order valence-electron chi connectivity index (χ2n) is 5.53. The molecule has 0 radical (unpaired) electrons. The van der Waals surface area contributed by atoms with Crippen LogP contribution in [0.5, 0.6) is 0 Å². The van der Waals surface area contributed by atoms with Crippen molar-refractivity contribution < 1.29 is 9.21 Å². The third-order valence-corrected chi connectivity index (χ3v) is 4.19. The lowest BCUT2D eigenvalue weighted by Gasteiger charge is -2.17. The average Bonchev–Trinajstić information content (AvgIpc) is 2.96. The number of fused-ring (bicyclic) bond motifs is 1. The van der Waals surface area contributed by atoms with E-state index in [9.17, 15) is 9.59 Å². The van der Waals surface area contributed by atoms with Crippen molar-refractivity contribution in [3.05, 3.63) is 45.8 Å². The molecule has 5 nitrogen and oxygen atoms in total. The van der Waals surface area contributed by atoms with E-state index in [1.807, 2.05) is 12.1 Å². The Kier molecular flexibility index (Phi) is 4.88. The zero-order chi connectivity index (χ0) is 15.0. The number of aryl methyl sites for hydroxylation is 1. The number of nitrogens with two attached hydrogens (primary N) is 1. The van der Waals surface area contributed by atoms with Crippen LogP contribution in [0.1, 0.15) is 22.3 Å². The first-order chi connectivity index (χ1) is 10.1. The smallest absolute Gasteiger partial charge is 0.349 e. The first-order valence-corrected chi connectivity index (χ1v) is 7.13. The minimum absolute atomic E-state index is 0. The van der Waals surface area contributed by atoms with Crippen LogP contribution < -0.4 is 11.4 Å². The van der Waals surface area contributed by atoms with E-state index in [4.69, 9.17) is 10.2 Å². The van der Waals surface area contributed by atoms with Gasteiger partial charge in [-0.05, 0) is 37.4 Å². The third kappa shape index (κ3) is 2.74. The van der Waals surface area contributed by atoms with Crippen LogP contribution in [-0.4, -0.2) is 30.4 Å². The van der Waals surface area contributed by atoms with E-state index < -0.39 is 5.63 Å². The number of nitrogens with zero attached hydrogens (tertiary/aromatic N) is 1. The van der Waals surface area contributed by atoms with Gasteiger partial charge < -0.3 is 15.1 Å². The van der Waals surface area contributed by atoms with E-state index in [0.29, 0.717) is 36.7 Å². The number of carbonyl (C=O) groups excluding carboxylic acids is 1. The molecule has 1 atom stereocenters. The van der Waals surface area contributed by atoms with Gasteiger partial charge in [0.05, 0.1) is 0 Å². The summed E-state index contributed by atoms with van der Waals surface area (Å²) in [7, 11) is 0. The second-order valence-corrected chi connectivity index (χ2v) is 5.53. The molecule has 2 aromatic rings. The Labute approximate surface area is 134 Å². The number of benzene rings is 1. The molecule has 0 aliphatic carbocycles. The molecule has 2 N–H and O–H groups in total. The van der Waals surface area contributed by atoms with E-state index in [1.54, 1.807) is 24.0 Å². The van der Waals surface area contributed by atoms with Crippen molar-refractivity contribution in [1.82, 2.24) is 4.90 Å². The van der Waals surface area contributed by atoms with Gasteiger partial charge in [-0.15, -0.1) is 12.4 Å². The van der Waals surface area contributed by atoms with Crippen molar-refractivity contribution in [2.24, 2.45) is 11.7 Å². The summed E-state index contributed by atoms with van der Waals surface area (Å²) in [6.07, 6.45) is 0.889. The number of para-hydroxylation sites is 1. The molecule has 2 heterocycles. The van der Waals surface area contributed by atoms with Crippen LogP contribution in [0.15, 0.2) is 33.5 Å². The highest BCUT2D eigenvalue weighted by Gasteiger charge is 2.29. The molecule has 3 rings (SSSR count). The van der Waals surface area contributed by atoms with Crippen LogP contribution in [0.3, 0.4) is 0 Å². The molecule has 1 unspecified atom stereocenters. The van der Waals surface area contributed by atoms with Gasteiger partial charge >= 0.3 is 5.63 Å². The fourth-order valence-corrected chi connectivity index (χ4v) is 2.92. The molecule has 1 aliphatic heterocycles. The summed E-state index contributed by atoms with van der Waals surface area (Å²) in [4.78, 5) is 26.5. The van der Waals surface area contributed by atoms with E-state index >= 15 is 0 Å². The van der Waals surface area contributed by atoms with Crippen molar-refractivity contribution in [3.8, 4) is 0 Å². The summed E-state index contributed by atoms with van der Waals surface area (Å²) in [6.45, 7) is 3.62. The summed E-state index contributed by atoms with van der Waals surface area (Å²) in [6, 6.07) is 7.26. The number of hydrogen-bond acceptors (Lipinski definition) is 4. The Balaban J connectivity index is 0.00000176. The number of amides is 1. The van der Waals surface area contributed by atoms with Crippen LogP contribution in [0.25, 0.3) is 11.0 Å². The summed E-state index contributed by atoms with van der Waals surface area (Å²) in [5, 5.41) is 0.801. The standard InChI is InChI=1S/C16H18N2O3.ClH/c1-10-12-4-2-3-5-13(12)21-16(20)14(10)15(19)18-7-6-11(8-17)9-18;/h2-5,11H,6-9,17H2,1H3;1H. The topological polar surface area (TPSA) is 76.5 Å². The van der Waals surface area contributed by atoms with E-state index in [0.717, 1.165) is 11.8 Å². The van der Waals surface area contributed by atoms with Gasteiger partial charge in [-0.25, -0.2) is 4.79 Å². The Morgan fingerprint density at radius 2 is 2.14 bits per heavy atom. The lowest BCUT2D eigenvalue weighted by molar-refractivity contribution is 0.0783. The maximum Gasteiger partial charge on any atom is 0.349 e. The fraction of sp³-hybridized carbons (Fsp3) is 0.375. The van der Waals surface area contributed by atoms with Crippen LogP contribution in [0, 0.1) is 12.8 Å². The molecule has 0 bridgehead atoms. The molecule has 1 saturated heterocycles.